The van der Waals surface area contributed by atoms with Crippen molar-refractivity contribution < 1.29 is 14.9 Å². The maximum absolute atomic E-state index is 10.7. The Labute approximate surface area is 110 Å². The number of carboxylic acids is 1. The highest BCUT2D eigenvalue weighted by atomic mass is 35.5. The Hall–Kier alpha value is -1.81. The lowest BCUT2D eigenvalue weighted by molar-refractivity contribution is -0.361. The number of hydrogen-bond acceptors (Lipinski definition) is 3. The Balaban J connectivity index is 2.66. The van der Waals surface area contributed by atoms with Gasteiger partial charge in [-0.15, -0.1) is 0 Å². The fraction of sp³-hybridized carbons (Fsp3) is 0.231. The highest BCUT2D eigenvalue weighted by Crippen LogP contribution is 2.26. The molecule has 0 amide bonds. The Morgan fingerprint density at radius 1 is 1.39 bits per heavy atom. The molecule has 1 heterocycles. The number of hydrogen-bond donors (Lipinski definition) is 0. The van der Waals surface area contributed by atoms with Gasteiger partial charge in [0.15, 0.2) is 5.69 Å². The topological polar surface area (TPSA) is 57.5 Å². The van der Waals surface area contributed by atoms with Gasteiger partial charge in [0.2, 0.25) is 5.52 Å². The van der Waals surface area contributed by atoms with Crippen LogP contribution in [0.25, 0.3) is 10.9 Å². The average molecular weight is 265 g/mol. The second kappa shape index (κ2) is 4.82. The summed E-state index contributed by atoms with van der Waals surface area (Å²) in [6, 6.07) is 7.26. The van der Waals surface area contributed by atoms with Gasteiger partial charge in [-0.05, 0) is 12.1 Å². The van der Waals surface area contributed by atoms with Crippen LogP contribution >= 0.6 is 11.6 Å². The Bertz CT molecular complexity index is 611. The van der Waals surface area contributed by atoms with E-state index in [-0.39, 0.29) is 6.42 Å². The van der Waals surface area contributed by atoms with Gasteiger partial charge in [-0.3, -0.25) is 0 Å². The van der Waals surface area contributed by atoms with E-state index < -0.39 is 5.97 Å². The van der Waals surface area contributed by atoms with Crippen LogP contribution in [0.1, 0.15) is 5.69 Å². The lowest BCUT2D eigenvalue weighted by Crippen LogP contribution is -2.28. The third kappa shape index (κ3) is 2.54. The molecule has 4 nitrogen and oxygen atoms in total. The average Bonchev–Trinajstić information content (AvgIpc) is 2.27. The minimum atomic E-state index is -1.11. The summed E-state index contributed by atoms with van der Waals surface area (Å²) in [6.45, 7) is 0. The fourth-order valence-electron chi connectivity index (χ4n) is 1.91. The van der Waals surface area contributed by atoms with E-state index in [0.717, 1.165) is 16.6 Å². The Morgan fingerprint density at radius 2 is 2.11 bits per heavy atom. The molecule has 2 rings (SSSR count). The highest BCUT2D eigenvalue weighted by Gasteiger charge is 2.13. The number of carbonyl (C=O) groups excluding carboxylic acids is 1. The summed E-state index contributed by atoms with van der Waals surface area (Å²) < 4.78 is 0. The molecule has 0 unspecified atom stereocenters. The van der Waals surface area contributed by atoms with Crippen LogP contribution in [-0.2, 0) is 11.2 Å². The third-order valence-corrected chi connectivity index (χ3v) is 2.92. The number of carboxylic acid groups (broad SMARTS) is 1. The number of anilines is 1. The SMILES string of the molecule is CN(C)c1cc(CC(=O)[O-])[nH+]c2ccc(Cl)cc12. The lowest BCUT2D eigenvalue weighted by atomic mass is 10.1. The molecule has 0 spiro atoms. The number of nitrogens with one attached hydrogen (secondary N) is 1. The molecule has 2 aromatic rings. The molecule has 0 saturated carbocycles. The van der Waals surface area contributed by atoms with Crippen LogP contribution in [-0.4, -0.2) is 20.1 Å². The monoisotopic (exact) mass is 264 g/mol. The zero-order valence-electron chi connectivity index (χ0n) is 10.2. The summed E-state index contributed by atoms with van der Waals surface area (Å²) in [5.41, 5.74) is 2.37. The summed E-state index contributed by atoms with van der Waals surface area (Å²) in [5, 5.41) is 12.3. The number of benzene rings is 1. The smallest absolute Gasteiger partial charge is 0.213 e. The highest BCUT2D eigenvalue weighted by molar-refractivity contribution is 6.31. The molecule has 0 aliphatic rings. The van der Waals surface area contributed by atoms with Crippen LogP contribution in [0.2, 0.25) is 5.02 Å². The third-order valence-electron chi connectivity index (χ3n) is 2.68. The van der Waals surface area contributed by atoms with Crippen LogP contribution in [0.3, 0.4) is 0 Å². The van der Waals surface area contributed by atoms with Gasteiger partial charge in [-0.25, -0.2) is 4.98 Å². The van der Waals surface area contributed by atoms with Crippen molar-refractivity contribution in [2.75, 3.05) is 19.0 Å². The molecule has 0 bridgehead atoms. The van der Waals surface area contributed by atoms with E-state index in [0.29, 0.717) is 10.7 Å². The van der Waals surface area contributed by atoms with Gasteiger partial charge in [0.1, 0.15) is 0 Å². The molecule has 5 heteroatoms. The first-order valence-corrected chi connectivity index (χ1v) is 5.87. The maximum atomic E-state index is 10.7. The van der Waals surface area contributed by atoms with E-state index in [9.17, 15) is 9.90 Å². The molecule has 0 atom stereocenters. The number of pyridine rings is 1. The molecule has 0 radical (unpaired) electrons. The second-order valence-electron chi connectivity index (χ2n) is 4.31. The molecule has 1 N–H and O–H groups in total. The van der Waals surface area contributed by atoms with Gasteiger partial charge < -0.3 is 14.8 Å². The Kier molecular flexibility index (Phi) is 3.39. The number of nitrogens with zero attached hydrogens (tertiary/aromatic N) is 1. The molecular weight excluding hydrogens is 252 g/mol. The van der Waals surface area contributed by atoms with Crippen LogP contribution in [0.15, 0.2) is 24.3 Å². The van der Waals surface area contributed by atoms with Crippen molar-refractivity contribution >= 4 is 34.2 Å². The summed E-state index contributed by atoms with van der Waals surface area (Å²) in [4.78, 5) is 15.7. The predicted molar refractivity (Wildman–Crippen MR) is 68.6 cm³/mol. The minimum absolute atomic E-state index is 0.139. The van der Waals surface area contributed by atoms with Gasteiger partial charge in [0.05, 0.1) is 23.5 Å². The number of carbonyl (C=O) groups is 1. The molecule has 0 saturated heterocycles. The quantitative estimate of drug-likeness (QED) is 0.819. The summed E-state index contributed by atoms with van der Waals surface area (Å²) in [7, 11) is 3.80. The first kappa shape index (κ1) is 12.6. The predicted octanol–water partition coefficient (Wildman–Crippen LogP) is 0.666. The molecule has 1 aromatic carbocycles. The molecule has 0 aliphatic carbocycles. The number of H-pyrrole nitrogens is 1. The van der Waals surface area contributed by atoms with Gasteiger partial charge >= 0.3 is 0 Å². The Morgan fingerprint density at radius 3 is 2.72 bits per heavy atom. The number of aromatic amines is 1. The number of fused-ring (bicyclic) bond motifs is 1. The van der Waals surface area contributed by atoms with Crippen molar-refractivity contribution in [3.05, 3.63) is 35.0 Å². The number of halogens is 1. The van der Waals surface area contributed by atoms with Crippen LogP contribution in [0.4, 0.5) is 5.69 Å². The van der Waals surface area contributed by atoms with E-state index in [4.69, 9.17) is 11.6 Å². The number of aromatic nitrogens is 1. The largest absolute Gasteiger partial charge is 0.550 e. The van der Waals surface area contributed by atoms with Crippen molar-refractivity contribution in [1.82, 2.24) is 0 Å². The van der Waals surface area contributed by atoms with Gasteiger partial charge in [0, 0.05) is 31.3 Å². The van der Waals surface area contributed by atoms with Crippen LogP contribution in [0, 0.1) is 0 Å². The van der Waals surface area contributed by atoms with Gasteiger partial charge in [0.25, 0.3) is 0 Å². The van der Waals surface area contributed by atoms with Crippen molar-refractivity contribution in [2.45, 2.75) is 6.42 Å². The second-order valence-corrected chi connectivity index (χ2v) is 4.75. The first-order valence-electron chi connectivity index (χ1n) is 5.49. The number of rotatable bonds is 3. The maximum Gasteiger partial charge on any atom is 0.213 e. The molecular formula is C13H13ClN2O2. The van der Waals surface area contributed by atoms with Crippen molar-refractivity contribution in [3.8, 4) is 0 Å². The van der Waals surface area contributed by atoms with E-state index in [2.05, 4.69) is 4.98 Å². The molecule has 18 heavy (non-hydrogen) atoms. The standard InChI is InChI=1S/C13H13ClN2O2/c1-16(2)12-6-9(7-13(17)18)15-11-4-3-8(14)5-10(11)12/h3-6H,7H2,1-2H3,(H,17,18). The minimum Gasteiger partial charge on any atom is -0.550 e. The normalized spacial score (nSPS) is 10.6. The molecule has 0 aliphatic heterocycles. The van der Waals surface area contributed by atoms with Crippen molar-refractivity contribution in [3.63, 3.8) is 0 Å². The van der Waals surface area contributed by atoms with Crippen molar-refractivity contribution in [1.29, 1.82) is 0 Å². The van der Waals surface area contributed by atoms with E-state index in [1.54, 1.807) is 12.1 Å². The zero-order chi connectivity index (χ0) is 13.3. The summed E-state index contributed by atoms with van der Waals surface area (Å²) >= 11 is 5.98. The summed E-state index contributed by atoms with van der Waals surface area (Å²) in [6.07, 6.45) is -0.139. The fourth-order valence-corrected chi connectivity index (χ4v) is 2.08. The van der Waals surface area contributed by atoms with Gasteiger partial charge in [-0.1, -0.05) is 11.6 Å². The van der Waals surface area contributed by atoms with Crippen LogP contribution < -0.4 is 15.0 Å². The number of aliphatic carboxylic acids is 1. The van der Waals surface area contributed by atoms with Crippen molar-refractivity contribution in [2.24, 2.45) is 0 Å². The summed E-state index contributed by atoms with van der Waals surface area (Å²) in [5.74, 6) is -1.11. The molecule has 0 fully saturated rings. The van der Waals surface area contributed by atoms with E-state index in [1.165, 1.54) is 0 Å². The van der Waals surface area contributed by atoms with Crippen LogP contribution in [0.5, 0.6) is 0 Å². The zero-order valence-corrected chi connectivity index (χ0v) is 10.9. The van der Waals surface area contributed by atoms with E-state index in [1.807, 2.05) is 31.1 Å². The van der Waals surface area contributed by atoms with Gasteiger partial charge in [-0.2, -0.15) is 0 Å². The molecule has 94 valence electrons. The first-order chi connectivity index (χ1) is 8.47. The van der Waals surface area contributed by atoms with E-state index >= 15 is 0 Å². The molecule has 1 aromatic heterocycles. The lowest BCUT2D eigenvalue weighted by Gasteiger charge is -2.14.